The highest BCUT2D eigenvalue weighted by Gasteiger charge is 2.08. The molecule has 0 aliphatic heterocycles. The number of rotatable bonds is 5. The maximum absolute atomic E-state index is 4.54. The van der Waals surface area contributed by atoms with Crippen molar-refractivity contribution in [2.45, 2.75) is 33.6 Å². The van der Waals surface area contributed by atoms with Crippen LogP contribution in [-0.4, -0.2) is 21.5 Å². The van der Waals surface area contributed by atoms with Crippen LogP contribution < -0.4 is 5.32 Å². The monoisotopic (exact) mass is 262 g/mol. The van der Waals surface area contributed by atoms with Gasteiger partial charge in [-0.15, -0.1) is 11.3 Å². The lowest BCUT2D eigenvalue weighted by atomic mass is 10.3. The van der Waals surface area contributed by atoms with Gasteiger partial charge < -0.3 is 5.32 Å². The zero-order valence-electron chi connectivity index (χ0n) is 11.0. The zero-order chi connectivity index (χ0) is 13.0. The van der Waals surface area contributed by atoms with Crippen LogP contribution >= 0.6 is 11.3 Å². The summed E-state index contributed by atoms with van der Waals surface area (Å²) in [5, 5.41) is 6.36. The molecule has 0 saturated heterocycles. The Morgan fingerprint density at radius 2 is 2.06 bits per heavy atom. The molecule has 0 fully saturated rings. The minimum absolute atomic E-state index is 0.720. The van der Waals surface area contributed by atoms with Gasteiger partial charge >= 0.3 is 0 Å². The van der Waals surface area contributed by atoms with E-state index in [-0.39, 0.29) is 0 Å². The van der Waals surface area contributed by atoms with E-state index in [0.717, 1.165) is 47.4 Å². The normalized spacial score (nSPS) is 10.6. The van der Waals surface area contributed by atoms with E-state index in [0.29, 0.717) is 0 Å². The third-order valence-electron chi connectivity index (χ3n) is 2.55. The third kappa shape index (κ3) is 3.04. The van der Waals surface area contributed by atoms with Crippen LogP contribution in [0.15, 0.2) is 11.4 Å². The first-order valence-corrected chi connectivity index (χ1v) is 7.15. The zero-order valence-corrected chi connectivity index (χ0v) is 11.8. The molecule has 18 heavy (non-hydrogen) atoms. The van der Waals surface area contributed by atoms with E-state index in [9.17, 15) is 0 Å². The highest BCUT2D eigenvalue weighted by molar-refractivity contribution is 7.09. The highest BCUT2D eigenvalue weighted by atomic mass is 32.1. The molecule has 5 heteroatoms. The van der Waals surface area contributed by atoms with Crippen molar-refractivity contribution in [3.05, 3.63) is 22.1 Å². The molecule has 0 aromatic carbocycles. The summed E-state index contributed by atoms with van der Waals surface area (Å²) in [6.45, 7) is 7.16. The van der Waals surface area contributed by atoms with Gasteiger partial charge in [-0.3, -0.25) is 0 Å². The molecule has 0 saturated carbocycles. The Labute approximate surface area is 112 Å². The minimum Gasteiger partial charge on any atom is -0.370 e. The topological polar surface area (TPSA) is 50.7 Å². The summed E-state index contributed by atoms with van der Waals surface area (Å²) in [7, 11) is 0. The fourth-order valence-corrected chi connectivity index (χ4v) is 2.19. The van der Waals surface area contributed by atoms with E-state index in [4.69, 9.17) is 0 Å². The molecule has 1 N–H and O–H groups in total. The van der Waals surface area contributed by atoms with Gasteiger partial charge in [0.1, 0.15) is 11.5 Å². The van der Waals surface area contributed by atoms with Crippen molar-refractivity contribution in [2.75, 3.05) is 11.9 Å². The standard InChI is InChI=1S/C13H18N4S/c1-4-6-14-12-7-10(5-2)16-13(17-12)11-8-18-9(3)15-11/h7-8H,4-6H2,1-3H3,(H,14,16,17). The van der Waals surface area contributed by atoms with Crippen LogP contribution in [0.25, 0.3) is 11.5 Å². The van der Waals surface area contributed by atoms with Gasteiger partial charge in [-0.05, 0) is 19.8 Å². The van der Waals surface area contributed by atoms with E-state index < -0.39 is 0 Å². The van der Waals surface area contributed by atoms with E-state index in [1.807, 2.05) is 18.4 Å². The maximum Gasteiger partial charge on any atom is 0.181 e. The largest absolute Gasteiger partial charge is 0.370 e. The predicted molar refractivity (Wildman–Crippen MR) is 76.0 cm³/mol. The second kappa shape index (κ2) is 5.91. The summed E-state index contributed by atoms with van der Waals surface area (Å²) in [5.41, 5.74) is 1.91. The summed E-state index contributed by atoms with van der Waals surface area (Å²) >= 11 is 1.62. The van der Waals surface area contributed by atoms with Gasteiger partial charge in [-0.2, -0.15) is 0 Å². The summed E-state index contributed by atoms with van der Waals surface area (Å²) in [5.74, 6) is 1.61. The molecule has 2 aromatic rings. The molecular formula is C13H18N4S. The average molecular weight is 262 g/mol. The first kappa shape index (κ1) is 13.0. The second-order valence-electron chi connectivity index (χ2n) is 4.10. The van der Waals surface area contributed by atoms with Crippen molar-refractivity contribution in [1.29, 1.82) is 0 Å². The Morgan fingerprint density at radius 3 is 2.67 bits per heavy atom. The Balaban J connectivity index is 2.34. The van der Waals surface area contributed by atoms with Crippen LogP contribution in [0.2, 0.25) is 0 Å². The molecule has 0 radical (unpaired) electrons. The molecule has 0 bridgehead atoms. The van der Waals surface area contributed by atoms with Gasteiger partial charge in [-0.25, -0.2) is 15.0 Å². The lowest BCUT2D eigenvalue weighted by Gasteiger charge is -2.07. The van der Waals surface area contributed by atoms with Crippen LogP contribution in [0, 0.1) is 6.92 Å². The number of anilines is 1. The van der Waals surface area contributed by atoms with Gasteiger partial charge in [0.25, 0.3) is 0 Å². The van der Waals surface area contributed by atoms with E-state index in [1.165, 1.54) is 0 Å². The van der Waals surface area contributed by atoms with Crippen LogP contribution in [0.3, 0.4) is 0 Å². The molecule has 0 aliphatic rings. The quantitative estimate of drug-likeness (QED) is 0.898. The number of nitrogens with one attached hydrogen (secondary N) is 1. The average Bonchev–Trinajstić information content (AvgIpc) is 2.82. The molecule has 2 aromatic heterocycles. The minimum atomic E-state index is 0.720. The van der Waals surface area contributed by atoms with Crippen molar-refractivity contribution in [2.24, 2.45) is 0 Å². The molecule has 0 amide bonds. The number of hydrogen-bond acceptors (Lipinski definition) is 5. The number of aryl methyl sites for hydroxylation is 2. The molecule has 96 valence electrons. The van der Waals surface area contributed by atoms with Crippen molar-refractivity contribution in [3.63, 3.8) is 0 Å². The van der Waals surface area contributed by atoms with E-state index >= 15 is 0 Å². The molecule has 2 rings (SSSR count). The Bertz CT molecular complexity index is 521. The molecule has 4 nitrogen and oxygen atoms in total. The Hall–Kier alpha value is -1.49. The molecule has 0 atom stereocenters. The summed E-state index contributed by atoms with van der Waals surface area (Å²) in [6.07, 6.45) is 1.98. The molecule has 0 unspecified atom stereocenters. The maximum atomic E-state index is 4.54. The Morgan fingerprint density at radius 1 is 1.22 bits per heavy atom. The fraction of sp³-hybridized carbons (Fsp3) is 0.462. The highest BCUT2D eigenvalue weighted by Crippen LogP contribution is 2.20. The van der Waals surface area contributed by atoms with E-state index in [2.05, 4.69) is 34.1 Å². The molecule has 0 spiro atoms. The van der Waals surface area contributed by atoms with Gasteiger partial charge in [0.05, 0.1) is 5.01 Å². The van der Waals surface area contributed by atoms with Gasteiger partial charge in [0, 0.05) is 23.7 Å². The summed E-state index contributed by atoms with van der Waals surface area (Å²) < 4.78 is 0. The lowest BCUT2D eigenvalue weighted by Crippen LogP contribution is -2.05. The number of aromatic nitrogens is 3. The first-order valence-electron chi connectivity index (χ1n) is 6.27. The van der Waals surface area contributed by atoms with Gasteiger partial charge in [0.2, 0.25) is 0 Å². The van der Waals surface area contributed by atoms with Crippen molar-refractivity contribution in [3.8, 4) is 11.5 Å². The lowest BCUT2D eigenvalue weighted by molar-refractivity contribution is 0.949. The van der Waals surface area contributed by atoms with Gasteiger partial charge in [0.15, 0.2) is 5.82 Å². The van der Waals surface area contributed by atoms with E-state index in [1.54, 1.807) is 11.3 Å². The van der Waals surface area contributed by atoms with Gasteiger partial charge in [-0.1, -0.05) is 13.8 Å². The molecular weight excluding hydrogens is 244 g/mol. The van der Waals surface area contributed by atoms with Crippen LogP contribution in [0.4, 0.5) is 5.82 Å². The van der Waals surface area contributed by atoms with Crippen LogP contribution in [0.1, 0.15) is 31.0 Å². The molecule has 0 aliphatic carbocycles. The predicted octanol–water partition coefficient (Wildman–Crippen LogP) is 3.29. The van der Waals surface area contributed by atoms with Crippen molar-refractivity contribution in [1.82, 2.24) is 15.0 Å². The second-order valence-corrected chi connectivity index (χ2v) is 5.16. The Kier molecular flexibility index (Phi) is 4.25. The SMILES string of the molecule is CCCNc1cc(CC)nc(-c2csc(C)n2)n1. The summed E-state index contributed by atoms with van der Waals surface area (Å²) in [4.78, 5) is 13.5. The first-order chi connectivity index (χ1) is 8.72. The third-order valence-corrected chi connectivity index (χ3v) is 3.32. The number of hydrogen-bond donors (Lipinski definition) is 1. The van der Waals surface area contributed by atoms with Crippen LogP contribution in [-0.2, 0) is 6.42 Å². The van der Waals surface area contributed by atoms with Crippen molar-refractivity contribution < 1.29 is 0 Å². The summed E-state index contributed by atoms with van der Waals surface area (Å²) in [6, 6.07) is 2.01. The number of thiazole rings is 1. The fourth-order valence-electron chi connectivity index (χ4n) is 1.60. The van der Waals surface area contributed by atoms with Crippen molar-refractivity contribution >= 4 is 17.2 Å². The number of nitrogens with zero attached hydrogens (tertiary/aromatic N) is 3. The van der Waals surface area contributed by atoms with Crippen LogP contribution in [0.5, 0.6) is 0 Å². The molecule has 2 heterocycles. The smallest absolute Gasteiger partial charge is 0.181 e.